The molecule has 2 atom stereocenters. The first kappa shape index (κ1) is 19.9. The standard InChI is InChI=1S/C20H25ClN6O2/c1-3-20(6-4-7-20)18-13(9-22)17(21)15-10-24-19(26-27(15)18)25-14-5-8-23-11-16(14)29-12(2)28/h10,14,16,23H,3-8,11H2,1-2H3,(H,25,26)/t14-,16+/m0/s1. The zero-order valence-corrected chi connectivity index (χ0v) is 17.4. The molecule has 2 aromatic rings. The molecule has 3 heterocycles. The number of nitriles is 1. The van der Waals surface area contributed by atoms with Crippen LogP contribution >= 0.6 is 11.6 Å². The Kier molecular flexibility index (Phi) is 5.36. The number of ether oxygens (including phenoxy) is 1. The van der Waals surface area contributed by atoms with Gasteiger partial charge in [-0.2, -0.15) is 5.26 Å². The molecule has 154 valence electrons. The molecule has 0 radical (unpaired) electrons. The minimum Gasteiger partial charge on any atom is -0.459 e. The van der Waals surface area contributed by atoms with Crippen LogP contribution in [0.4, 0.5) is 5.95 Å². The molecular weight excluding hydrogens is 392 g/mol. The quantitative estimate of drug-likeness (QED) is 0.722. The highest BCUT2D eigenvalue weighted by Gasteiger charge is 2.42. The molecule has 4 rings (SSSR count). The van der Waals surface area contributed by atoms with Gasteiger partial charge in [0, 0.05) is 18.9 Å². The number of carbonyl (C=O) groups is 1. The Bertz CT molecular complexity index is 972. The number of aromatic nitrogens is 3. The van der Waals surface area contributed by atoms with Crippen LogP contribution in [-0.2, 0) is 14.9 Å². The summed E-state index contributed by atoms with van der Waals surface area (Å²) >= 11 is 6.52. The number of halogens is 1. The molecule has 2 N–H and O–H groups in total. The molecule has 0 amide bonds. The number of anilines is 1. The fourth-order valence-corrected chi connectivity index (χ4v) is 4.79. The fraction of sp³-hybridized carbons (Fsp3) is 0.600. The van der Waals surface area contributed by atoms with Gasteiger partial charge in [-0.3, -0.25) is 4.79 Å². The molecule has 1 saturated heterocycles. The highest BCUT2D eigenvalue weighted by atomic mass is 35.5. The van der Waals surface area contributed by atoms with E-state index in [4.69, 9.17) is 21.4 Å². The van der Waals surface area contributed by atoms with Gasteiger partial charge in [0.15, 0.2) is 0 Å². The molecule has 0 bridgehead atoms. The van der Waals surface area contributed by atoms with Crippen LogP contribution < -0.4 is 10.6 Å². The summed E-state index contributed by atoms with van der Waals surface area (Å²) in [5, 5.41) is 21.4. The highest BCUT2D eigenvalue weighted by Crippen LogP contribution is 2.49. The van der Waals surface area contributed by atoms with Gasteiger partial charge in [0.05, 0.1) is 28.5 Å². The first-order valence-corrected chi connectivity index (χ1v) is 10.5. The van der Waals surface area contributed by atoms with Crippen LogP contribution in [0.15, 0.2) is 6.20 Å². The van der Waals surface area contributed by atoms with E-state index in [9.17, 15) is 10.1 Å². The van der Waals surface area contributed by atoms with Gasteiger partial charge in [0.2, 0.25) is 5.95 Å². The number of piperidine rings is 1. The summed E-state index contributed by atoms with van der Waals surface area (Å²) < 4.78 is 7.23. The Labute approximate surface area is 174 Å². The van der Waals surface area contributed by atoms with Crippen molar-refractivity contribution in [1.29, 1.82) is 5.26 Å². The van der Waals surface area contributed by atoms with Crippen molar-refractivity contribution >= 4 is 29.0 Å². The molecule has 0 unspecified atom stereocenters. The number of nitrogens with one attached hydrogen (secondary N) is 2. The molecule has 2 fully saturated rings. The van der Waals surface area contributed by atoms with Crippen molar-refractivity contribution in [1.82, 2.24) is 19.9 Å². The first-order valence-electron chi connectivity index (χ1n) is 10.1. The third-order valence-corrected chi connectivity index (χ3v) is 6.67. The van der Waals surface area contributed by atoms with E-state index in [0.29, 0.717) is 28.6 Å². The second-order valence-corrected chi connectivity index (χ2v) is 8.29. The monoisotopic (exact) mass is 416 g/mol. The second-order valence-electron chi connectivity index (χ2n) is 7.91. The van der Waals surface area contributed by atoms with Crippen LogP contribution in [-0.4, -0.2) is 45.8 Å². The molecule has 2 aromatic heterocycles. The lowest BCUT2D eigenvalue weighted by Crippen LogP contribution is -2.50. The van der Waals surface area contributed by atoms with Crippen molar-refractivity contribution in [2.45, 2.75) is 63.5 Å². The maximum Gasteiger partial charge on any atom is 0.303 e. The van der Waals surface area contributed by atoms with Gasteiger partial charge in [-0.25, -0.2) is 9.50 Å². The molecule has 0 aromatic carbocycles. The van der Waals surface area contributed by atoms with Crippen molar-refractivity contribution in [3.05, 3.63) is 22.5 Å². The summed E-state index contributed by atoms with van der Waals surface area (Å²) in [6.45, 7) is 4.95. The van der Waals surface area contributed by atoms with Gasteiger partial charge < -0.3 is 15.4 Å². The summed E-state index contributed by atoms with van der Waals surface area (Å²) in [4.78, 5) is 15.8. The van der Waals surface area contributed by atoms with E-state index in [-0.39, 0.29) is 23.5 Å². The topological polar surface area (TPSA) is 104 Å². The maximum absolute atomic E-state index is 11.4. The van der Waals surface area contributed by atoms with Crippen LogP contribution in [0.1, 0.15) is 57.2 Å². The smallest absolute Gasteiger partial charge is 0.303 e. The lowest BCUT2D eigenvalue weighted by molar-refractivity contribution is -0.147. The number of esters is 1. The van der Waals surface area contributed by atoms with E-state index in [1.54, 1.807) is 10.7 Å². The summed E-state index contributed by atoms with van der Waals surface area (Å²) in [6.07, 6.45) is 6.26. The van der Waals surface area contributed by atoms with Crippen LogP contribution in [0.2, 0.25) is 5.02 Å². The number of fused-ring (bicyclic) bond motifs is 1. The fourth-order valence-electron chi connectivity index (χ4n) is 4.53. The Morgan fingerprint density at radius 2 is 2.34 bits per heavy atom. The zero-order valence-electron chi connectivity index (χ0n) is 16.7. The summed E-state index contributed by atoms with van der Waals surface area (Å²) in [7, 11) is 0. The maximum atomic E-state index is 11.4. The third kappa shape index (κ3) is 3.43. The minimum absolute atomic E-state index is 0.0677. The predicted molar refractivity (Wildman–Crippen MR) is 109 cm³/mol. The first-order chi connectivity index (χ1) is 14.0. The van der Waals surface area contributed by atoms with Gasteiger partial charge in [-0.15, -0.1) is 5.10 Å². The largest absolute Gasteiger partial charge is 0.459 e. The van der Waals surface area contributed by atoms with E-state index in [2.05, 4.69) is 28.6 Å². The van der Waals surface area contributed by atoms with Crippen molar-refractivity contribution in [2.24, 2.45) is 0 Å². The Hall–Kier alpha value is -2.37. The third-order valence-electron chi connectivity index (χ3n) is 6.28. The molecule has 9 heteroatoms. The SMILES string of the molecule is CCC1(c2c(C#N)c(Cl)c3cnc(N[C@H]4CCNC[C@H]4OC(C)=O)nn23)CCC1. The summed E-state index contributed by atoms with van der Waals surface area (Å²) in [5.74, 6) is 0.124. The summed E-state index contributed by atoms with van der Waals surface area (Å²) in [6, 6.07) is 2.19. The molecule has 1 aliphatic heterocycles. The number of hydrogen-bond donors (Lipinski definition) is 2. The van der Waals surface area contributed by atoms with Crippen molar-refractivity contribution in [3.63, 3.8) is 0 Å². The van der Waals surface area contributed by atoms with Gasteiger partial charge >= 0.3 is 5.97 Å². The van der Waals surface area contributed by atoms with Gasteiger partial charge in [-0.1, -0.05) is 24.9 Å². The molecule has 1 saturated carbocycles. The van der Waals surface area contributed by atoms with Crippen molar-refractivity contribution in [3.8, 4) is 6.07 Å². The normalized spacial score (nSPS) is 23.2. The number of nitrogens with zero attached hydrogens (tertiary/aromatic N) is 4. The molecule has 1 aliphatic carbocycles. The Morgan fingerprint density at radius 3 is 2.97 bits per heavy atom. The van der Waals surface area contributed by atoms with E-state index >= 15 is 0 Å². The number of rotatable bonds is 5. The average molecular weight is 417 g/mol. The molecule has 29 heavy (non-hydrogen) atoms. The van der Waals surface area contributed by atoms with Crippen LogP contribution in [0, 0.1) is 11.3 Å². The molecule has 2 aliphatic rings. The Morgan fingerprint density at radius 1 is 1.55 bits per heavy atom. The number of carbonyl (C=O) groups excluding carboxylic acids is 1. The van der Waals surface area contributed by atoms with Gasteiger partial charge in [0.1, 0.15) is 17.7 Å². The van der Waals surface area contributed by atoms with Crippen LogP contribution in [0.5, 0.6) is 0 Å². The minimum atomic E-state index is -0.310. The van der Waals surface area contributed by atoms with E-state index in [1.807, 2.05) is 0 Å². The lowest BCUT2D eigenvalue weighted by atomic mass is 9.64. The van der Waals surface area contributed by atoms with Crippen molar-refractivity contribution in [2.75, 3.05) is 18.4 Å². The van der Waals surface area contributed by atoms with E-state index in [1.165, 1.54) is 6.92 Å². The van der Waals surface area contributed by atoms with Gasteiger partial charge in [0.25, 0.3) is 0 Å². The van der Waals surface area contributed by atoms with Crippen molar-refractivity contribution < 1.29 is 9.53 Å². The van der Waals surface area contributed by atoms with E-state index < -0.39 is 0 Å². The van der Waals surface area contributed by atoms with E-state index in [0.717, 1.165) is 44.3 Å². The second kappa shape index (κ2) is 7.81. The summed E-state index contributed by atoms with van der Waals surface area (Å²) in [5.41, 5.74) is 1.97. The number of hydrogen-bond acceptors (Lipinski definition) is 7. The lowest BCUT2D eigenvalue weighted by Gasteiger charge is -2.41. The molecule has 0 spiro atoms. The molecule has 8 nitrogen and oxygen atoms in total. The average Bonchev–Trinajstić information content (AvgIpc) is 2.94. The Balaban J connectivity index is 1.72. The zero-order chi connectivity index (χ0) is 20.6. The molecular formula is C20H25ClN6O2. The predicted octanol–water partition coefficient (Wildman–Crippen LogP) is 2.79. The van der Waals surface area contributed by atoms with Crippen LogP contribution in [0.3, 0.4) is 0 Å². The van der Waals surface area contributed by atoms with Crippen LogP contribution in [0.25, 0.3) is 5.52 Å². The van der Waals surface area contributed by atoms with Gasteiger partial charge in [-0.05, 0) is 32.2 Å². The highest BCUT2D eigenvalue weighted by molar-refractivity contribution is 6.35.